The van der Waals surface area contributed by atoms with Crippen molar-refractivity contribution < 1.29 is 28.6 Å². The molecule has 0 saturated heterocycles. The van der Waals surface area contributed by atoms with Crippen LogP contribution in [-0.2, 0) is 28.6 Å². The molecular weight excluding hydrogens is 901 g/mol. The lowest BCUT2D eigenvalue weighted by atomic mass is 10.1. The molecule has 0 N–H and O–H groups in total. The molecule has 6 heteroatoms. The van der Waals surface area contributed by atoms with Gasteiger partial charge in [-0.1, -0.05) is 252 Å². The van der Waals surface area contributed by atoms with E-state index in [2.05, 4.69) is 130 Å². The molecule has 0 amide bonds. The van der Waals surface area contributed by atoms with Gasteiger partial charge < -0.3 is 14.2 Å². The van der Waals surface area contributed by atoms with Gasteiger partial charge in [-0.25, -0.2) is 0 Å². The molecule has 0 rings (SSSR count). The Balaban J connectivity index is 4.47. The van der Waals surface area contributed by atoms with Crippen LogP contribution in [0.25, 0.3) is 0 Å². The van der Waals surface area contributed by atoms with E-state index >= 15 is 0 Å². The Morgan fingerprint density at radius 1 is 0.288 bits per heavy atom. The highest BCUT2D eigenvalue weighted by Gasteiger charge is 2.19. The minimum absolute atomic E-state index is 0.0996. The molecule has 1 unspecified atom stereocenters. The Kier molecular flexibility index (Phi) is 57.4. The molecule has 0 aromatic heterocycles. The normalized spacial score (nSPS) is 12.9. The summed E-state index contributed by atoms with van der Waals surface area (Å²) in [6, 6.07) is 0. The van der Waals surface area contributed by atoms with Gasteiger partial charge in [0, 0.05) is 19.3 Å². The molecule has 0 spiro atoms. The van der Waals surface area contributed by atoms with Crippen LogP contribution in [0, 0.1) is 0 Å². The van der Waals surface area contributed by atoms with Crippen LogP contribution in [-0.4, -0.2) is 37.2 Å². The third-order valence-corrected chi connectivity index (χ3v) is 12.7. The number of carbonyl (C=O) groups excluding carboxylic acids is 3. The molecule has 416 valence electrons. The van der Waals surface area contributed by atoms with Crippen LogP contribution in [0.2, 0.25) is 0 Å². The van der Waals surface area contributed by atoms with Crippen molar-refractivity contribution in [1.29, 1.82) is 0 Å². The van der Waals surface area contributed by atoms with E-state index in [0.29, 0.717) is 19.3 Å². The van der Waals surface area contributed by atoms with Gasteiger partial charge in [-0.15, -0.1) is 0 Å². The molecule has 0 aliphatic heterocycles. The molecule has 1 atom stereocenters. The zero-order valence-electron chi connectivity index (χ0n) is 47.6. The lowest BCUT2D eigenvalue weighted by molar-refractivity contribution is -0.167. The van der Waals surface area contributed by atoms with Crippen molar-refractivity contribution in [2.75, 3.05) is 13.2 Å². The molecule has 0 aromatic rings. The van der Waals surface area contributed by atoms with Gasteiger partial charge in [0.2, 0.25) is 0 Å². The second-order valence-corrected chi connectivity index (χ2v) is 19.8. The molecule has 0 fully saturated rings. The van der Waals surface area contributed by atoms with E-state index in [1.54, 1.807) is 0 Å². The number of carbonyl (C=O) groups is 3. The Morgan fingerprint density at radius 3 is 0.890 bits per heavy atom. The van der Waals surface area contributed by atoms with Crippen LogP contribution in [0.1, 0.15) is 278 Å². The van der Waals surface area contributed by atoms with Gasteiger partial charge in [0.25, 0.3) is 0 Å². The average Bonchev–Trinajstić information content (AvgIpc) is 3.39. The second-order valence-electron chi connectivity index (χ2n) is 19.8. The van der Waals surface area contributed by atoms with E-state index in [1.807, 2.05) is 0 Å². The van der Waals surface area contributed by atoms with E-state index in [-0.39, 0.29) is 37.5 Å². The Bertz CT molecular complexity index is 1490. The molecule has 0 aromatic carbocycles. The van der Waals surface area contributed by atoms with Crippen LogP contribution >= 0.6 is 0 Å². The van der Waals surface area contributed by atoms with Crippen molar-refractivity contribution in [1.82, 2.24) is 0 Å². The summed E-state index contributed by atoms with van der Waals surface area (Å²) in [5, 5.41) is 0. The average molecular weight is 1010 g/mol. The van der Waals surface area contributed by atoms with Gasteiger partial charge in [0.05, 0.1) is 0 Å². The number of hydrogen-bond acceptors (Lipinski definition) is 6. The SMILES string of the molecule is CC/C=C\C/C=C\C/C=C\CCCCCCCCCCCC(=O)OCC(COC(=O)CCC/C=C\C/C=C\C/C=C\CCCCCCCC)OC(=O)CCCCCCCCCCC/C=C\C/C=C\C/C=C\CC. The molecule has 0 bridgehead atoms. The quantitative estimate of drug-likeness (QED) is 0.0261. The zero-order chi connectivity index (χ0) is 52.9. The highest BCUT2D eigenvalue weighted by atomic mass is 16.6. The van der Waals surface area contributed by atoms with E-state index in [0.717, 1.165) is 103 Å². The van der Waals surface area contributed by atoms with Crippen molar-refractivity contribution in [2.24, 2.45) is 0 Å². The number of esters is 3. The number of unbranched alkanes of at least 4 members (excludes halogenated alkanes) is 25. The maximum absolute atomic E-state index is 12.9. The van der Waals surface area contributed by atoms with Crippen LogP contribution in [0.5, 0.6) is 0 Å². The predicted octanol–water partition coefficient (Wildman–Crippen LogP) is 20.7. The van der Waals surface area contributed by atoms with Gasteiger partial charge in [0.15, 0.2) is 6.10 Å². The largest absolute Gasteiger partial charge is 0.462 e. The fourth-order valence-corrected chi connectivity index (χ4v) is 8.25. The molecule has 0 aliphatic carbocycles. The lowest BCUT2D eigenvalue weighted by Crippen LogP contribution is -2.30. The monoisotopic (exact) mass is 1010 g/mol. The minimum Gasteiger partial charge on any atom is -0.462 e. The van der Waals surface area contributed by atoms with Crippen LogP contribution in [0.15, 0.2) is 109 Å². The first-order chi connectivity index (χ1) is 36.0. The number of ether oxygens (including phenoxy) is 3. The minimum atomic E-state index is -0.807. The summed E-state index contributed by atoms with van der Waals surface area (Å²) in [5.41, 5.74) is 0. The van der Waals surface area contributed by atoms with Crippen molar-refractivity contribution >= 4 is 17.9 Å². The Labute approximate surface area is 450 Å². The maximum Gasteiger partial charge on any atom is 0.306 e. The Morgan fingerprint density at radius 2 is 0.548 bits per heavy atom. The topological polar surface area (TPSA) is 78.9 Å². The summed E-state index contributed by atoms with van der Waals surface area (Å²) < 4.78 is 16.9. The highest BCUT2D eigenvalue weighted by Crippen LogP contribution is 2.15. The summed E-state index contributed by atoms with van der Waals surface area (Å²) in [5.74, 6) is -0.960. The summed E-state index contributed by atoms with van der Waals surface area (Å²) in [6.45, 7) is 6.38. The smallest absolute Gasteiger partial charge is 0.306 e. The van der Waals surface area contributed by atoms with E-state index < -0.39 is 6.10 Å². The van der Waals surface area contributed by atoms with Crippen LogP contribution < -0.4 is 0 Å². The van der Waals surface area contributed by atoms with Gasteiger partial charge in [-0.3, -0.25) is 14.4 Å². The molecule has 73 heavy (non-hydrogen) atoms. The molecule has 0 saturated carbocycles. The second kappa shape index (κ2) is 60.6. The van der Waals surface area contributed by atoms with Gasteiger partial charge >= 0.3 is 17.9 Å². The molecular formula is C67H112O6. The molecule has 0 aliphatic rings. The summed E-state index contributed by atoms with van der Waals surface area (Å²) in [4.78, 5) is 38.3. The first-order valence-electron chi connectivity index (χ1n) is 30.4. The molecule has 0 heterocycles. The van der Waals surface area contributed by atoms with Gasteiger partial charge in [0.1, 0.15) is 13.2 Å². The van der Waals surface area contributed by atoms with Gasteiger partial charge in [-0.2, -0.15) is 0 Å². The van der Waals surface area contributed by atoms with E-state index in [4.69, 9.17) is 14.2 Å². The molecule has 6 nitrogen and oxygen atoms in total. The fourth-order valence-electron chi connectivity index (χ4n) is 8.25. The highest BCUT2D eigenvalue weighted by molar-refractivity contribution is 5.71. The standard InChI is InChI=1S/C67H112O6/c1-4-7-10-13-16-19-22-25-28-31-33-36-39-42-45-48-51-54-57-60-66(69)72-63-64(62-71-65(68)59-56-53-50-47-44-41-38-35-30-27-24-21-18-15-12-9-6-3)73-67(70)61-58-55-52-49-46-43-40-37-34-32-29-26-23-20-17-14-11-8-5-2/h7-8,10-11,16-17,19-20,25-30,38,41,47,50,64H,4-6,9,12-15,18,21-24,31-37,39-40,42-46,48-49,51-63H2,1-3H3/b10-7-,11-8-,19-16-,20-17-,28-25-,29-26-,30-27-,41-38-,50-47-. The Hall–Kier alpha value is -3.93. The summed E-state index contributed by atoms with van der Waals surface area (Å²) in [7, 11) is 0. The summed E-state index contributed by atoms with van der Waals surface area (Å²) in [6.07, 6.45) is 82.3. The van der Waals surface area contributed by atoms with Crippen molar-refractivity contribution in [3.05, 3.63) is 109 Å². The predicted molar refractivity (Wildman–Crippen MR) is 316 cm³/mol. The third kappa shape index (κ3) is 58.8. The fraction of sp³-hybridized carbons (Fsp3) is 0.687. The van der Waals surface area contributed by atoms with Crippen LogP contribution in [0.3, 0.4) is 0 Å². The maximum atomic E-state index is 12.9. The first kappa shape index (κ1) is 69.1. The first-order valence-corrected chi connectivity index (χ1v) is 30.4. The number of rotatable bonds is 54. The number of hydrogen-bond donors (Lipinski definition) is 0. The van der Waals surface area contributed by atoms with Crippen LogP contribution in [0.4, 0.5) is 0 Å². The lowest BCUT2D eigenvalue weighted by Gasteiger charge is -2.18. The van der Waals surface area contributed by atoms with Crippen molar-refractivity contribution in [3.8, 4) is 0 Å². The van der Waals surface area contributed by atoms with Crippen molar-refractivity contribution in [3.63, 3.8) is 0 Å². The third-order valence-electron chi connectivity index (χ3n) is 12.7. The van der Waals surface area contributed by atoms with E-state index in [9.17, 15) is 14.4 Å². The van der Waals surface area contributed by atoms with E-state index in [1.165, 1.54) is 128 Å². The number of allylic oxidation sites excluding steroid dienone is 18. The van der Waals surface area contributed by atoms with Gasteiger partial charge in [-0.05, 0) is 116 Å². The summed E-state index contributed by atoms with van der Waals surface area (Å²) >= 11 is 0. The molecule has 0 radical (unpaired) electrons. The zero-order valence-corrected chi connectivity index (χ0v) is 47.6. The van der Waals surface area contributed by atoms with Crippen molar-refractivity contribution in [2.45, 2.75) is 284 Å².